The molecule has 0 fully saturated rings. The van der Waals surface area contributed by atoms with Gasteiger partial charge < -0.3 is 5.32 Å². The van der Waals surface area contributed by atoms with Crippen molar-refractivity contribution in [1.82, 2.24) is 5.32 Å². The maximum absolute atomic E-state index is 13.6. The van der Waals surface area contributed by atoms with Gasteiger partial charge in [0.05, 0.1) is 0 Å². The monoisotopic (exact) mass is 297 g/mol. The van der Waals surface area contributed by atoms with Crippen LogP contribution in [0.3, 0.4) is 0 Å². The first kappa shape index (κ1) is 18.1. The lowest BCUT2D eigenvalue weighted by Gasteiger charge is -2.15. The molecule has 0 aliphatic rings. The van der Waals surface area contributed by atoms with E-state index in [1.165, 1.54) is 44.9 Å². The van der Waals surface area contributed by atoms with E-state index in [1.54, 1.807) is 12.1 Å². The number of hydrogen-bond acceptors (Lipinski definition) is 1. The molecule has 0 amide bonds. The summed E-state index contributed by atoms with van der Waals surface area (Å²) in [6, 6.07) is 4.21. The molecule has 0 bridgehead atoms. The zero-order valence-corrected chi connectivity index (χ0v) is 13.4. The Labute approximate surface area is 128 Å². The molecule has 0 aromatic heterocycles. The molecule has 1 atom stereocenters. The van der Waals surface area contributed by atoms with Crippen LogP contribution in [0.4, 0.5) is 8.78 Å². The lowest BCUT2D eigenvalue weighted by atomic mass is 10.1. The van der Waals surface area contributed by atoms with Gasteiger partial charge in [-0.15, -0.1) is 0 Å². The Morgan fingerprint density at radius 1 is 0.952 bits per heavy atom. The van der Waals surface area contributed by atoms with Gasteiger partial charge >= 0.3 is 0 Å². The number of hydrogen-bond donors (Lipinski definition) is 1. The lowest BCUT2D eigenvalue weighted by molar-refractivity contribution is 0.466. The summed E-state index contributed by atoms with van der Waals surface area (Å²) in [5.41, 5.74) is 0.412. The highest BCUT2D eigenvalue weighted by atomic mass is 19.2. The van der Waals surface area contributed by atoms with E-state index >= 15 is 0 Å². The van der Waals surface area contributed by atoms with Gasteiger partial charge in [0.1, 0.15) is 0 Å². The summed E-state index contributed by atoms with van der Waals surface area (Å²) in [5, 5.41) is 3.27. The molecule has 3 heteroatoms. The summed E-state index contributed by atoms with van der Waals surface area (Å²) >= 11 is 0. The summed E-state index contributed by atoms with van der Waals surface area (Å²) in [6.07, 6.45) is 10.2. The van der Waals surface area contributed by atoms with Gasteiger partial charge in [0, 0.05) is 11.6 Å². The SMILES string of the molecule is CCCCCCCCCCNC(C)c1cccc(F)c1F. The van der Waals surface area contributed by atoms with Crippen LogP contribution in [0.1, 0.15) is 76.8 Å². The molecule has 0 radical (unpaired) electrons. The van der Waals surface area contributed by atoms with Crippen LogP contribution in [0.5, 0.6) is 0 Å². The van der Waals surface area contributed by atoms with Gasteiger partial charge in [-0.25, -0.2) is 8.78 Å². The third-order valence-corrected chi connectivity index (χ3v) is 3.93. The fourth-order valence-corrected chi connectivity index (χ4v) is 2.54. The van der Waals surface area contributed by atoms with Crippen molar-refractivity contribution >= 4 is 0 Å². The van der Waals surface area contributed by atoms with Gasteiger partial charge in [-0.1, -0.05) is 64.0 Å². The third kappa shape index (κ3) is 7.03. The van der Waals surface area contributed by atoms with Gasteiger partial charge in [0.2, 0.25) is 0 Å². The maximum atomic E-state index is 13.6. The minimum atomic E-state index is -0.770. The van der Waals surface area contributed by atoms with E-state index in [-0.39, 0.29) is 6.04 Å². The van der Waals surface area contributed by atoms with Crippen LogP contribution in [0, 0.1) is 11.6 Å². The number of halogens is 2. The molecule has 0 spiro atoms. The van der Waals surface area contributed by atoms with Gasteiger partial charge in [0.15, 0.2) is 11.6 Å². The first-order valence-corrected chi connectivity index (χ1v) is 8.34. The molecule has 0 heterocycles. The van der Waals surface area contributed by atoms with Crippen molar-refractivity contribution in [3.8, 4) is 0 Å². The fraction of sp³-hybridized carbons (Fsp3) is 0.667. The average Bonchev–Trinajstić information content (AvgIpc) is 2.48. The van der Waals surface area contributed by atoms with Crippen molar-refractivity contribution in [1.29, 1.82) is 0 Å². The summed E-state index contributed by atoms with van der Waals surface area (Å²) in [6.45, 7) is 4.96. The van der Waals surface area contributed by atoms with E-state index in [4.69, 9.17) is 0 Å². The molecule has 21 heavy (non-hydrogen) atoms. The topological polar surface area (TPSA) is 12.0 Å². The van der Waals surface area contributed by atoms with Gasteiger partial charge in [-0.05, 0) is 26.0 Å². The second-order valence-corrected chi connectivity index (χ2v) is 5.79. The molecule has 1 aromatic carbocycles. The zero-order valence-electron chi connectivity index (χ0n) is 13.4. The standard InChI is InChI=1S/C18H29F2N/c1-3-4-5-6-7-8-9-10-14-21-15(2)16-12-11-13-17(19)18(16)20/h11-13,15,21H,3-10,14H2,1-2H3. The van der Waals surface area contributed by atoms with E-state index in [9.17, 15) is 8.78 Å². The van der Waals surface area contributed by atoms with Crippen LogP contribution in [-0.2, 0) is 0 Å². The Hall–Kier alpha value is -0.960. The van der Waals surface area contributed by atoms with Gasteiger partial charge in [0.25, 0.3) is 0 Å². The Kier molecular flexibility index (Phi) is 9.24. The molecular formula is C18H29F2N. The predicted molar refractivity (Wildman–Crippen MR) is 85.4 cm³/mol. The van der Waals surface area contributed by atoms with E-state index in [0.717, 1.165) is 19.0 Å². The highest BCUT2D eigenvalue weighted by molar-refractivity contribution is 5.21. The molecule has 1 nitrogen and oxygen atoms in total. The Morgan fingerprint density at radius 2 is 1.57 bits per heavy atom. The first-order valence-electron chi connectivity index (χ1n) is 8.34. The molecule has 1 rings (SSSR count). The van der Waals surface area contributed by atoms with Gasteiger partial charge in [-0.2, -0.15) is 0 Å². The third-order valence-electron chi connectivity index (χ3n) is 3.93. The van der Waals surface area contributed by atoms with Gasteiger partial charge in [-0.3, -0.25) is 0 Å². The smallest absolute Gasteiger partial charge is 0.163 e. The second kappa shape index (κ2) is 10.7. The average molecular weight is 297 g/mol. The Bertz CT molecular complexity index is 393. The molecule has 120 valence electrons. The minimum absolute atomic E-state index is 0.148. The normalized spacial score (nSPS) is 12.6. The van der Waals surface area contributed by atoms with Crippen molar-refractivity contribution < 1.29 is 8.78 Å². The summed E-state index contributed by atoms with van der Waals surface area (Å²) < 4.78 is 26.8. The Balaban J connectivity index is 2.11. The highest BCUT2D eigenvalue weighted by Gasteiger charge is 2.13. The van der Waals surface area contributed by atoms with Crippen LogP contribution in [0.2, 0.25) is 0 Å². The predicted octanol–water partition coefficient (Wildman–Crippen LogP) is 5.76. The number of nitrogens with one attached hydrogen (secondary N) is 1. The largest absolute Gasteiger partial charge is 0.310 e. The van der Waals surface area contributed by atoms with Crippen LogP contribution >= 0.6 is 0 Å². The maximum Gasteiger partial charge on any atom is 0.163 e. The summed E-state index contributed by atoms with van der Waals surface area (Å²) in [7, 11) is 0. The van der Waals surface area contributed by atoms with Crippen molar-refractivity contribution in [2.75, 3.05) is 6.54 Å². The van der Waals surface area contributed by atoms with E-state index in [2.05, 4.69) is 12.2 Å². The number of benzene rings is 1. The molecule has 1 N–H and O–H groups in total. The van der Waals surface area contributed by atoms with E-state index in [0.29, 0.717) is 5.56 Å². The van der Waals surface area contributed by atoms with Crippen molar-refractivity contribution in [2.45, 2.75) is 71.3 Å². The van der Waals surface area contributed by atoms with E-state index in [1.807, 2.05) is 6.92 Å². The van der Waals surface area contributed by atoms with Crippen molar-refractivity contribution in [3.05, 3.63) is 35.4 Å². The minimum Gasteiger partial charge on any atom is -0.310 e. The summed E-state index contributed by atoms with van der Waals surface area (Å²) in [5.74, 6) is -1.50. The molecule has 0 aliphatic heterocycles. The van der Waals surface area contributed by atoms with Crippen molar-refractivity contribution in [3.63, 3.8) is 0 Å². The molecular weight excluding hydrogens is 268 g/mol. The molecule has 1 aromatic rings. The van der Waals surface area contributed by atoms with Crippen LogP contribution < -0.4 is 5.32 Å². The quantitative estimate of drug-likeness (QED) is 0.512. The number of rotatable bonds is 11. The number of unbranched alkanes of at least 4 members (excludes halogenated alkanes) is 7. The van der Waals surface area contributed by atoms with Crippen LogP contribution in [0.15, 0.2) is 18.2 Å². The molecule has 0 aliphatic carbocycles. The van der Waals surface area contributed by atoms with Crippen LogP contribution in [0.25, 0.3) is 0 Å². The first-order chi connectivity index (χ1) is 10.2. The molecule has 1 unspecified atom stereocenters. The van der Waals surface area contributed by atoms with Crippen LogP contribution in [-0.4, -0.2) is 6.54 Å². The zero-order chi connectivity index (χ0) is 15.5. The van der Waals surface area contributed by atoms with Crippen molar-refractivity contribution in [2.24, 2.45) is 0 Å². The summed E-state index contributed by atoms with van der Waals surface area (Å²) in [4.78, 5) is 0. The second-order valence-electron chi connectivity index (χ2n) is 5.79. The molecule has 0 saturated heterocycles. The fourth-order valence-electron chi connectivity index (χ4n) is 2.54. The Morgan fingerprint density at radius 3 is 2.24 bits per heavy atom. The molecule has 0 saturated carbocycles. The lowest BCUT2D eigenvalue weighted by Crippen LogP contribution is -2.21. The highest BCUT2D eigenvalue weighted by Crippen LogP contribution is 2.19. The van der Waals surface area contributed by atoms with E-state index < -0.39 is 11.6 Å².